The van der Waals surface area contributed by atoms with Gasteiger partial charge in [-0.25, -0.2) is 4.98 Å². The predicted octanol–water partition coefficient (Wildman–Crippen LogP) is 1.77. The van der Waals surface area contributed by atoms with E-state index < -0.39 is 0 Å². The molecule has 0 fully saturated rings. The molecule has 2 rings (SSSR count). The van der Waals surface area contributed by atoms with Gasteiger partial charge >= 0.3 is 0 Å². The number of Topliss-reactive ketones (excluding diaryl/α,β-unsaturated/α-hetero) is 1. The molecule has 12 nitrogen and oxygen atoms in total. The number of ketones is 1. The number of nitrogens with two attached hydrogens (primary N) is 3. The standard InChI is InChI=1S/C26H41N5O7/c1-33-22-15-19(14-20-17-30-26(29)31-25(20)28)16-23(34-2)24(22)38-18-21(32)6-3-4-8-35-10-12-37-13-11-36-9-5-7-27/h15-17H,3-14,18,27H2,1-2H3,(H4,28,29,30,31). The van der Waals surface area contributed by atoms with Crippen molar-refractivity contribution in [2.75, 3.05) is 78.5 Å². The van der Waals surface area contributed by atoms with Gasteiger partial charge in [0.25, 0.3) is 0 Å². The average Bonchev–Trinajstić information content (AvgIpc) is 2.91. The van der Waals surface area contributed by atoms with Gasteiger partial charge < -0.3 is 45.6 Å². The van der Waals surface area contributed by atoms with Crippen LogP contribution in [-0.4, -0.2) is 82.8 Å². The third-order valence-corrected chi connectivity index (χ3v) is 5.44. The number of anilines is 2. The number of carbonyl (C=O) groups excluding carboxylic acids is 1. The fourth-order valence-corrected chi connectivity index (χ4v) is 3.45. The summed E-state index contributed by atoms with van der Waals surface area (Å²) in [5.41, 5.74) is 18.5. The van der Waals surface area contributed by atoms with Crippen molar-refractivity contribution in [3.8, 4) is 17.2 Å². The first kappa shape index (κ1) is 31.0. The number of rotatable bonds is 21. The lowest BCUT2D eigenvalue weighted by Crippen LogP contribution is -2.13. The Labute approximate surface area is 224 Å². The molecule has 0 aliphatic carbocycles. The Balaban J connectivity index is 1.69. The largest absolute Gasteiger partial charge is 0.493 e. The summed E-state index contributed by atoms with van der Waals surface area (Å²) in [5, 5.41) is 0. The number of methoxy groups -OCH3 is 2. The molecule has 6 N–H and O–H groups in total. The van der Waals surface area contributed by atoms with Crippen molar-refractivity contribution in [1.29, 1.82) is 0 Å². The number of aromatic nitrogens is 2. The molecule has 0 unspecified atom stereocenters. The fraction of sp³-hybridized carbons (Fsp3) is 0.577. The Hall–Kier alpha value is -3.19. The first-order valence-electron chi connectivity index (χ1n) is 12.7. The molecule has 0 saturated carbocycles. The lowest BCUT2D eigenvalue weighted by molar-refractivity contribution is -0.121. The molecule has 0 amide bonds. The van der Waals surface area contributed by atoms with Crippen LogP contribution in [0.2, 0.25) is 0 Å². The summed E-state index contributed by atoms with van der Waals surface area (Å²) >= 11 is 0. The molecule has 0 saturated heterocycles. The van der Waals surface area contributed by atoms with E-state index in [4.69, 9.17) is 45.6 Å². The van der Waals surface area contributed by atoms with Gasteiger partial charge in [-0.2, -0.15) is 4.98 Å². The topological polar surface area (TPSA) is 176 Å². The maximum absolute atomic E-state index is 12.4. The monoisotopic (exact) mass is 535 g/mol. The van der Waals surface area contributed by atoms with E-state index in [9.17, 15) is 4.79 Å². The Morgan fingerprint density at radius 3 is 2.05 bits per heavy atom. The zero-order valence-electron chi connectivity index (χ0n) is 22.4. The summed E-state index contributed by atoms with van der Waals surface area (Å²) in [4.78, 5) is 20.3. The van der Waals surface area contributed by atoms with E-state index >= 15 is 0 Å². The molecule has 1 heterocycles. The molecule has 1 aromatic heterocycles. The van der Waals surface area contributed by atoms with Gasteiger partial charge in [-0.05, 0) is 43.5 Å². The van der Waals surface area contributed by atoms with Crippen molar-refractivity contribution in [3.05, 3.63) is 29.5 Å². The van der Waals surface area contributed by atoms with Crippen molar-refractivity contribution in [1.82, 2.24) is 9.97 Å². The van der Waals surface area contributed by atoms with Crippen LogP contribution in [-0.2, 0) is 25.4 Å². The van der Waals surface area contributed by atoms with E-state index in [-0.39, 0.29) is 18.3 Å². The van der Waals surface area contributed by atoms with E-state index in [0.29, 0.717) is 94.1 Å². The molecule has 2 aromatic rings. The zero-order valence-corrected chi connectivity index (χ0v) is 22.4. The number of ether oxygens (including phenoxy) is 6. The highest BCUT2D eigenvalue weighted by Crippen LogP contribution is 2.39. The van der Waals surface area contributed by atoms with Crippen LogP contribution in [0.4, 0.5) is 11.8 Å². The fourth-order valence-electron chi connectivity index (χ4n) is 3.45. The molecule has 0 spiro atoms. The van der Waals surface area contributed by atoms with Crippen LogP contribution in [0.1, 0.15) is 36.8 Å². The van der Waals surface area contributed by atoms with Crippen molar-refractivity contribution in [2.24, 2.45) is 5.73 Å². The van der Waals surface area contributed by atoms with Crippen LogP contribution in [0, 0.1) is 0 Å². The molecular weight excluding hydrogens is 494 g/mol. The van der Waals surface area contributed by atoms with E-state index in [1.54, 1.807) is 18.3 Å². The minimum Gasteiger partial charge on any atom is -0.493 e. The summed E-state index contributed by atoms with van der Waals surface area (Å²) in [6, 6.07) is 3.60. The van der Waals surface area contributed by atoms with Crippen LogP contribution in [0.25, 0.3) is 0 Å². The normalized spacial score (nSPS) is 10.9. The van der Waals surface area contributed by atoms with Gasteiger partial charge in [-0.1, -0.05) is 0 Å². The second-order valence-corrected chi connectivity index (χ2v) is 8.41. The van der Waals surface area contributed by atoms with Gasteiger partial charge in [0.05, 0.1) is 40.6 Å². The van der Waals surface area contributed by atoms with Crippen LogP contribution in [0.15, 0.2) is 18.3 Å². The highest BCUT2D eigenvalue weighted by molar-refractivity contribution is 5.80. The second-order valence-electron chi connectivity index (χ2n) is 8.41. The minimum absolute atomic E-state index is 0.0250. The number of nitrogens with zero attached hydrogens (tertiary/aromatic N) is 2. The first-order chi connectivity index (χ1) is 18.5. The Kier molecular flexibility index (Phi) is 14.8. The van der Waals surface area contributed by atoms with E-state index in [1.165, 1.54) is 14.2 Å². The first-order valence-corrected chi connectivity index (χ1v) is 12.7. The summed E-state index contributed by atoms with van der Waals surface area (Å²) in [7, 11) is 3.05. The van der Waals surface area contributed by atoms with Crippen molar-refractivity contribution in [3.63, 3.8) is 0 Å². The number of unbranched alkanes of at least 4 members (excludes halogenated alkanes) is 1. The molecule has 1 aromatic carbocycles. The molecule has 0 aliphatic heterocycles. The van der Waals surface area contributed by atoms with Crippen molar-refractivity contribution < 1.29 is 33.2 Å². The molecular formula is C26H41N5O7. The maximum Gasteiger partial charge on any atom is 0.221 e. The minimum atomic E-state index is -0.0904. The number of carbonyl (C=O) groups is 1. The highest BCUT2D eigenvalue weighted by Gasteiger charge is 2.17. The quantitative estimate of drug-likeness (QED) is 0.198. The third-order valence-electron chi connectivity index (χ3n) is 5.44. The van der Waals surface area contributed by atoms with Crippen LogP contribution < -0.4 is 31.4 Å². The summed E-state index contributed by atoms with van der Waals surface area (Å²) in [5.74, 6) is 1.65. The van der Waals surface area contributed by atoms with Crippen LogP contribution in [0.3, 0.4) is 0 Å². The van der Waals surface area contributed by atoms with Gasteiger partial charge in [0.15, 0.2) is 17.3 Å². The SMILES string of the molecule is COc1cc(Cc2cnc(N)nc2N)cc(OC)c1OCC(=O)CCCCOCCOCCOCCCN. The highest BCUT2D eigenvalue weighted by atomic mass is 16.5. The van der Waals surface area contributed by atoms with E-state index in [1.807, 2.05) is 0 Å². The van der Waals surface area contributed by atoms with Crippen molar-refractivity contribution >= 4 is 17.5 Å². The van der Waals surface area contributed by atoms with E-state index in [0.717, 1.165) is 18.4 Å². The Morgan fingerprint density at radius 1 is 0.868 bits per heavy atom. The number of hydrogen-bond acceptors (Lipinski definition) is 12. The lowest BCUT2D eigenvalue weighted by Gasteiger charge is -2.16. The third kappa shape index (κ3) is 11.5. The number of benzene rings is 1. The zero-order chi connectivity index (χ0) is 27.6. The summed E-state index contributed by atoms with van der Waals surface area (Å²) in [6.45, 7) is 3.87. The lowest BCUT2D eigenvalue weighted by atomic mass is 10.1. The Morgan fingerprint density at radius 2 is 1.47 bits per heavy atom. The van der Waals surface area contributed by atoms with Crippen molar-refractivity contribution in [2.45, 2.75) is 32.1 Å². The number of hydrogen-bond donors (Lipinski definition) is 3. The molecule has 0 bridgehead atoms. The predicted molar refractivity (Wildman–Crippen MR) is 144 cm³/mol. The summed E-state index contributed by atoms with van der Waals surface area (Å²) < 4.78 is 33.1. The molecule has 0 aliphatic rings. The average molecular weight is 536 g/mol. The molecule has 0 atom stereocenters. The molecule has 212 valence electrons. The van der Waals surface area contributed by atoms with Gasteiger partial charge in [0.2, 0.25) is 11.7 Å². The van der Waals surface area contributed by atoms with Crippen LogP contribution >= 0.6 is 0 Å². The smallest absolute Gasteiger partial charge is 0.221 e. The maximum atomic E-state index is 12.4. The molecule has 12 heteroatoms. The van der Waals surface area contributed by atoms with Gasteiger partial charge in [-0.15, -0.1) is 0 Å². The van der Waals surface area contributed by atoms with Gasteiger partial charge in [0.1, 0.15) is 12.4 Å². The Bertz CT molecular complexity index is 952. The number of nitrogen functional groups attached to an aromatic ring is 2. The van der Waals surface area contributed by atoms with E-state index in [2.05, 4.69) is 9.97 Å². The second kappa shape index (κ2) is 18.1. The summed E-state index contributed by atoms with van der Waals surface area (Å²) in [6.07, 6.45) is 4.74. The molecule has 38 heavy (non-hydrogen) atoms. The van der Waals surface area contributed by atoms with Gasteiger partial charge in [-0.3, -0.25) is 4.79 Å². The molecule has 0 radical (unpaired) electrons. The van der Waals surface area contributed by atoms with Gasteiger partial charge in [0, 0.05) is 37.8 Å². The van der Waals surface area contributed by atoms with Crippen LogP contribution in [0.5, 0.6) is 17.2 Å².